The predicted octanol–water partition coefficient (Wildman–Crippen LogP) is 4.71. The fraction of sp³-hybridized carbons (Fsp3) is 0.125. The Hall–Kier alpha value is -3.64. The molecule has 6 nitrogen and oxygen atoms in total. The molecule has 0 aliphatic heterocycles. The van der Waals surface area contributed by atoms with Crippen molar-refractivity contribution in [1.29, 1.82) is 0 Å². The molecule has 3 aromatic rings. The van der Waals surface area contributed by atoms with E-state index >= 15 is 0 Å². The predicted molar refractivity (Wildman–Crippen MR) is 122 cm³/mol. The molecule has 0 bridgehead atoms. The number of halogens is 1. The number of nitrogens with one attached hydrogen (secondary N) is 2. The summed E-state index contributed by atoms with van der Waals surface area (Å²) in [5, 5.41) is 7.07. The summed E-state index contributed by atoms with van der Waals surface area (Å²) < 4.78 is 5.78. The highest BCUT2D eigenvalue weighted by molar-refractivity contribution is 6.30. The van der Waals surface area contributed by atoms with Crippen molar-refractivity contribution in [1.82, 2.24) is 5.43 Å². The van der Waals surface area contributed by atoms with Crippen LogP contribution in [0.3, 0.4) is 0 Å². The Labute approximate surface area is 185 Å². The molecule has 0 saturated heterocycles. The van der Waals surface area contributed by atoms with Crippen molar-refractivity contribution in [3.8, 4) is 5.75 Å². The van der Waals surface area contributed by atoms with Gasteiger partial charge in [0.05, 0.1) is 6.21 Å². The van der Waals surface area contributed by atoms with E-state index < -0.39 is 11.8 Å². The highest BCUT2D eigenvalue weighted by atomic mass is 35.5. The summed E-state index contributed by atoms with van der Waals surface area (Å²) in [7, 11) is 0. The zero-order valence-electron chi connectivity index (χ0n) is 17.0. The Bertz CT molecular complexity index is 1060. The van der Waals surface area contributed by atoms with E-state index in [-0.39, 0.29) is 6.42 Å². The molecule has 2 amide bonds. The number of carbonyl (C=O) groups excluding carboxylic acids is 2. The first-order chi connectivity index (χ1) is 15.0. The van der Waals surface area contributed by atoms with Gasteiger partial charge in [-0.15, -0.1) is 0 Å². The molecule has 0 radical (unpaired) electrons. The number of benzene rings is 3. The second-order valence-electron chi connectivity index (χ2n) is 6.87. The smallest absolute Gasteiger partial charge is 0.249 e. The highest BCUT2D eigenvalue weighted by Crippen LogP contribution is 2.15. The third-order valence-electron chi connectivity index (χ3n) is 4.22. The van der Waals surface area contributed by atoms with Gasteiger partial charge in [0, 0.05) is 10.7 Å². The van der Waals surface area contributed by atoms with Crippen LogP contribution in [-0.2, 0) is 16.2 Å². The van der Waals surface area contributed by atoms with Gasteiger partial charge in [-0.1, -0.05) is 41.4 Å². The van der Waals surface area contributed by atoms with E-state index in [0.717, 1.165) is 16.9 Å². The maximum Gasteiger partial charge on any atom is 0.249 e. The standard InChI is InChI=1S/C24H22ClN3O3/c1-17-3-2-4-19(13-17)16-31-22-11-5-18(6-12-22)15-26-28-24(30)14-23(29)27-21-9-7-20(25)8-10-21/h2-13,15H,14,16H2,1H3,(H,27,29)(H,28,30). The Balaban J connectivity index is 1.42. The fourth-order valence-corrected chi connectivity index (χ4v) is 2.85. The zero-order chi connectivity index (χ0) is 22.1. The van der Waals surface area contributed by atoms with E-state index in [9.17, 15) is 9.59 Å². The average Bonchev–Trinajstić information content (AvgIpc) is 2.75. The van der Waals surface area contributed by atoms with Crippen molar-refractivity contribution in [3.63, 3.8) is 0 Å². The van der Waals surface area contributed by atoms with Crippen LogP contribution in [0.15, 0.2) is 77.9 Å². The number of ether oxygens (including phenoxy) is 1. The minimum Gasteiger partial charge on any atom is -0.489 e. The maximum atomic E-state index is 11.9. The van der Waals surface area contributed by atoms with Crippen LogP contribution in [0.5, 0.6) is 5.75 Å². The molecule has 0 fully saturated rings. The number of amides is 2. The summed E-state index contributed by atoms with van der Waals surface area (Å²) in [5.41, 5.74) is 5.99. The van der Waals surface area contributed by atoms with Crippen LogP contribution in [0.2, 0.25) is 5.02 Å². The van der Waals surface area contributed by atoms with E-state index in [2.05, 4.69) is 21.9 Å². The van der Waals surface area contributed by atoms with E-state index in [1.807, 2.05) is 49.4 Å². The Morgan fingerprint density at radius 1 is 1.00 bits per heavy atom. The SMILES string of the molecule is Cc1cccc(COc2ccc(C=NNC(=O)CC(=O)Nc3ccc(Cl)cc3)cc2)c1. The van der Waals surface area contributed by atoms with Gasteiger partial charge in [-0.3, -0.25) is 9.59 Å². The quantitative estimate of drug-likeness (QED) is 0.305. The lowest BCUT2D eigenvalue weighted by molar-refractivity contribution is -0.126. The number of anilines is 1. The molecule has 0 aliphatic rings. The summed E-state index contributed by atoms with van der Waals surface area (Å²) in [6.45, 7) is 2.53. The Kier molecular flexibility index (Phi) is 7.79. The molecular weight excluding hydrogens is 414 g/mol. The topological polar surface area (TPSA) is 79.8 Å². The van der Waals surface area contributed by atoms with Crippen LogP contribution >= 0.6 is 11.6 Å². The van der Waals surface area contributed by atoms with Gasteiger partial charge in [-0.25, -0.2) is 5.43 Å². The second kappa shape index (κ2) is 10.9. The highest BCUT2D eigenvalue weighted by Gasteiger charge is 2.09. The minimum atomic E-state index is -0.513. The molecule has 31 heavy (non-hydrogen) atoms. The number of rotatable bonds is 8. The number of hydrogen-bond donors (Lipinski definition) is 2. The number of hydrogen-bond acceptors (Lipinski definition) is 4. The molecule has 0 heterocycles. The van der Waals surface area contributed by atoms with Crippen LogP contribution < -0.4 is 15.5 Å². The largest absolute Gasteiger partial charge is 0.489 e. The van der Waals surface area contributed by atoms with Crippen molar-refractivity contribution in [2.75, 3.05) is 5.32 Å². The van der Waals surface area contributed by atoms with Crippen molar-refractivity contribution >= 4 is 35.3 Å². The molecule has 158 valence electrons. The van der Waals surface area contributed by atoms with Gasteiger partial charge < -0.3 is 10.1 Å². The first-order valence-electron chi connectivity index (χ1n) is 9.64. The summed E-state index contributed by atoms with van der Waals surface area (Å²) in [6, 6.07) is 22.1. The van der Waals surface area contributed by atoms with E-state index in [1.54, 1.807) is 24.3 Å². The molecule has 7 heteroatoms. The minimum absolute atomic E-state index is 0.342. The zero-order valence-corrected chi connectivity index (χ0v) is 17.7. The van der Waals surface area contributed by atoms with Gasteiger partial charge in [0.1, 0.15) is 18.8 Å². The van der Waals surface area contributed by atoms with Crippen molar-refractivity contribution in [2.45, 2.75) is 20.0 Å². The number of hydrazone groups is 1. The van der Waals surface area contributed by atoms with Crippen molar-refractivity contribution in [3.05, 3.63) is 94.5 Å². The van der Waals surface area contributed by atoms with Crippen molar-refractivity contribution in [2.24, 2.45) is 5.10 Å². The molecule has 0 atom stereocenters. The Morgan fingerprint density at radius 2 is 1.74 bits per heavy atom. The first-order valence-corrected chi connectivity index (χ1v) is 10.0. The first kappa shape index (κ1) is 22.1. The van der Waals surface area contributed by atoms with Gasteiger partial charge in [0.25, 0.3) is 0 Å². The van der Waals surface area contributed by atoms with Gasteiger partial charge in [-0.2, -0.15) is 5.10 Å². The molecule has 2 N–H and O–H groups in total. The monoisotopic (exact) mass is 435 g/mol. The van der Waals surface area contributed by atoms with Crippen LogP contribution in [0.4, 0.5) is 5.69 Å². The number of aryl methyl sites for hydroxylation is 1. The van der Waals surface area contributed by atoms with Crippen LogP contribution in [0.1, 0.15) is 23.1 Å². The molecule has 3 rings (SSSR count). The summed E-state index contributed by atoms with van der Waals surface area (Å²) in [5.74, 6) is -0.215. The fourth-order valence-electron chi connectivity index (χ4n) is 2.72. The van der Waals surface area contributed by atoms with Crippen LogP contribution in [-0.4, -0.2) is 18.0 Å². The van der Waals surface area contributed by atoms with E-state index in [1.165, 1.54) is 11.8 Å². The molecule has 0 aromatic heterocycles. The second-order valence-corrected chi connectivity index (χ2v) is 7.31. The number of carbonyl (C=O) groups is 2. The van der Waals surface area contributed by atoms with Gasteiger partial charge >= 0.3 is 0 Å². The lowest BCUT2D eigenvalue weighted by Gasteiger charge is -2.07. The van der Waals surface area contributed by atoms with Crippen LogP contribution in [0.25, 0.3) is 0 Å². The maximum absolute atomic E-state index is 11.9. The average molecular weight is 436 g/mol. The lowest BCUT2D eigenvalue weighted by Crippen LogP contribution is -2.24. The van der Waals surface area contributed by atoms with E-state index in [0.29, 0.717) is 17.3 Å². The van der Waals surface area contributed by atoms with Gasteiger partial charge in [-0.05, 0) is 66.6 Å². The van der Waals surface area contributed by atoms with Gasteiger partial charge in [0.15, 0.2) is 0 Å². The number of nitrogens with zero attached hydrogens (tertiary/aromatic N) is 1. The third kappa shape index (κ3) is 7.60. The third-order valence-corrected chi connectivity index (χ3v) is 4.47. The molecular formula is C24H22ClN3O3. The summed E-state index contributed by atoms with van der Waals surface area (Å²) in [6.07, 6.45) is 1.16. The molecule has 3 aromatic carbocycles. The summed E-state index contributed by atoms with van der Waals surface area (Å²) >= 11 is 5.80. The molecule has 0 unspecified atom stereocenters. The molecule has 0 aliphatic carbocycles. The lowest BCUT2D eigenvalue weighted by atomic mass is 10.1. The summed E-state index contributed by atoms with van der Waals surface area (Å²) in [4.78, 5) is 23.7. The van der Waals surface area contributed by atoms with E-state index in [4.69, 9.17) is 16.3 Å². The molecule has 0 spiro atoms. The van der Waals surface area contributed by atoms with Gasteiger partial charge in [0.2, 0.25) is 11.8 Å². The normalized spacial score (nSPS) is 10.6. The van der Waals surface area contributed by atoms with Crippen molar-refractivity contribution < 1.29 is 14.3 Å². The Morgan fingerprint density at radius 3 is 2.45 bits per heavy atom. The van der Waals surface area contributed by atoms with Crippen LogP contribution in [0, 0.1) is 6.92 Å². The molecule has 0 saturated carbocycles.